The second-order valence-electron chi connectivity index (χ2n) is 4.18. The predicted octanol–water partition coefficient (Wildman–Crippen LogP) is 3.69. The van der Waals surface area contributed by atoms with Crippen LogP contribution in [0.15, 0.2) is 28.5 Å². The van der Waals surface area contributed by atoms with Gasteiger partial charge in [0.25, 0.3) is 0 Å². The fourth-order valence-corrected chi connectivity index (χ4v) is 3.98. The van der Waals surface area contributed by atoms with Crippen molar-refractivity contribution in [3.05, 3.63) is 34.0 Å². The van der Waals surface area contributed by atoms with E-state index in [0.717, 1.165) is 26.8 Å². The third-order valence-corrected chi connectivity index (χ3v) is 5.13. The van der Waals surface area contributed by atoms with Crippen molar-refractivity contribution < 1.29 is 14.9 Å². The molecule has 18 heavy (non-hydrogen) atoms. The van der Waals surface area contributed by atoms with Gasteiger partial charge in [-0.2, -0.15) is 0 Å². The van der Waals surface area contributed by atoms with Crippen molar-refractivity contribution in [1.29, 1.82) is 0 Å². The van der Waals surface area contributed by atoms with E-state index in [1.165, 1.54) is 11.3 Å². The Balaban J connectivity index is 1.91. The average Bonchev–Trinajstić information content (AvgIpc) is 2.69. The zero-order valence-corrected chi connectivity index (χ0v) is 11.3. The monoisotopic (exact) mass is 280 g/mol. The zero-order chi connectivity index (χ0) is 12.7. The van der Waals surface area contributed by atoms with Gasteiger partial charge in [-0.05, 0) is 30.5 Å². The second kappa shape index (κ2) is 4.40. The number of benzene rings is 1. The molecule has 2 aromatic rings. The van der Waals surface area contributed by atoms with Gasteiger partial charge >= 0.3 is 0 Å². The molecule has 1 aromatic heterocycles. The van der Waals surface area contributed by atoms with Crippen LogP contribution in [0.2, 0.25) is 0 Å². The Bertz CT molecular complexity index is 592. The van der Waals surface area contributed by atoms with Crippen LogP contribution in [0.4, 0.5) is 0 Å². The van der Waals surface area contributed by atoms with Crippen LogP contribution in [-0.4, -0.2) is 16.0 Å². The predicted molar refractivity (Wildman–Crippen MR) is 72.9 cm³/mol. The summed E-state index contributed by atoms with van der Waals surface area (Å²) in [5.74, 6) is 2.09. The van der Waals surface area contributed by atoms with Gasteiger partial charge in [0.1, 0.15) is 23.4 Å². The molecule has 1 atom stereocenters. The highest BCUT2D eigenvalue weighted by molar-refractivity contribution is 7.99. The minimum atomic E-state index is -0.120. The molecule has 5 heteroatoms. The number of thioether (sulfide) groups is 1. The molecule has 0 bridgehead atoms. The molecule has 0 aliphatic carbocycles. The van der Waals surface area contributed by atoms with Gasteiger partial charge in [-0.3, -0.25) is 0 Å². The molecular weight excluding hydrogens is 268 g/mol. The van der Waals surface area contributed by atoms with Crippen LogP contribution < -0.4 is 4.74 Å². The maximum atomic E-state index is 9.96. The van der Waals surface area contributed by atoms with E-state index >= 15 is 0 Å². The highest BCUT2D eigenvalue weighted by Crippen LogP contribution is 2.45. The Morgan fingerprint density at radius 2 is 2.17 bits per heavy atom. The molecule has 3 rings (SSSR count). The Hall–Kier alpha value is -1.33. The van der Waals surface area contributed by atoms with E-state index in [1.54, 1.807) is 30.0 Å². The number of phenols is 1. The number of hydrogen-bond acceptors (Lipinski definition) is 5. The molecule has 0 amide bonds. The highest BCUT2D eigenvalue weighted by Gasteiger charge is 2.26. The van der Waals surface area contributed by atoms with Crippen molar-refractivity contribution in [1.82, 2.24) is 0 Å². The number of thiophene rings is 1. The molecule has 3 nitrogen and oxygen atoms in total. The van der Waals surface area contributed by atoms with E-state index in [1.807, 2.05) is 12.3 Å². The van der Waals surface area contributed by atoms with Crippen molar-refractivity contribution >= 4 is 23.1 Å². The lowest BCUT2D eigenvalue weighted by molar-refractivity contribution is 0.219. The van der Waals surface area contributed by atoms with Crippen LogP contribution in [0, 0.1) is 6.92 Å². The topological polar surface area (TPSA) is 49.7 Å². The molecule has 2 heterocycles. The summed E-state index contributed by atoms with van der Waals surface area (Å²) in [6.07, 6.45) is -0.120. The summed E-state index contributed by atoms with van der Waals surface area (Å²) in [6.45, 7) is 1.89. The number of fused-ring (bicyclic) bond motifs is 1. The summed E-state index contributed by atoms with van der Waals surface area (Å²) in [6, 6.07) is 5.08. The van der Waals surface area contributed by atoms with Crippen LogP contribution in [-0.2, 0) is 0 Å². The Morgan fingerprint density at radius 3 is 2.89 bits per heavy atom. The van der Waals surface area contributed by atoms with Crippen molar-refractivity contribution in [3.8, 4) is 17.2 Å². The first-order chi connectivity index (χ1) is 8.65. The molecule has 0 saturated carbocycles. The Kier molecular flexibility index (Phi) is 2.87. The Morgan fingerprint density at radius 1 is 1.33 bits per heavy atom. The van der Waals surface area contributed by atoms with Gasteiger partial charge in [0.15, 0.2) is 0 Å². The standard InChI is InChI=1S/C13H12O3S2/c1-7-5-18-13(12(7)15)10-6-17-11-4-8(14)2-3-9(11)16-10/h2-5,10,14-15H,6H2,1H3. The van der Waals surface area contributed by atoms with Gasteiger partial charge < -0.3 is 14.9 Å². The second-order valence-corrected chi connectivity index (χ2v) is 6.15. The van der Waals surface area contributed by atoms with Crippen molar-refractivity contribution in [2.45, 2.75) is 17.9 Å². The maximum absolute atomic E-state index is 9.96. The van der Waals surface area contributed by atoms with Gasteiger partial charge in [-0.15, -0.1) is 23.1 Å². The minimum absolute atomic E-state index is 0.120. The van der Waals surface area contributed by atoms with Crippen LogP contribution >= 0.6 is 23.1 Å². The van der Waals surface area contributed by atoms with E-state index in [0.29, 0.717) is 5.75 Å². The van der Waals surface area contributed by atoms with Crippen LogP contribution in [0.1, 0.15) is 16.5 Å². The van der Waals surface area contributed by atoms with Gasteiger partial charge in [0, 0.05) is 11.3 Å². The van der Waals surface area contributed by atoms with Gasteiger partial charge in [0.2, 0.25) is 0 Å². The lowest BCUT2D eigenvalue weighted by Gasteiger charge is -2.25. The fourth-order valence-electron chi connectivity index (χ4n) is 1.88. The molecule has 1 unspecified atom stereocenters. The third kappa shape index (κ3) is 1.93. The average molecular weight is 280 g/mol. The normalized spacial score (nSPS) is 18.2. The first-order valence-corrected chi connectivity index (χ1v) is 7.41. The largest absolute Gasteiger partial charge is 0.508 e. The quantitative estimate of drug-likeness (QED) is 0.836. The van der Waals surface area contributed by atoms with Gasteiger partial charge in [-0.25, -0.2) is 0 Å². The van der Waals surface area contributed by atoms with Crippen LogP contribution in [0.3, 0.4) is 0 Å². The molecule has 1 aliphatic heterocycles. The van der Waals surface area contributed by atoms with Gasteiger partial charge in [-0.1, -0.05) is 0 Å². The number of ether oxygens (including phenoxy) is 1. The van der Waals surface area contributed by atoms with E-state index in [4.69, 9.17) is 4.74 Å². The lowest BCUT2D eigenvalue weighted by Crippen LogP contribution is -2.13. The van der Waals surface area contributed by atoms with Crippen molar-refractivity contribution in [3.63, 3.8) is 0 Å². The van der Waals surface area contributed by atoms with E-state index < -0.39 is 0 Å². The van der Waals surface area contributed by atoms with E-state index in [2.05, 4.69) is 0 Å². The van der Waals surface area contributed by atoms with Gasteiger partial charge in [0.05, 0.1) is 9.77 Å². The van der Waals surface area contributed by atoms with Crippen LogP contribution in [0.5, 0.6) is 17.2 Å². The SMILES string of the molecule is Cc1csc(C2CSc3cc(O)ccc3O2)c1O. The first-order valence-electron chi connectivity index (χ1n) is 5.54. The fraction of sp³-hybridized carbons (Fsp3) is 0.231. The molecular formula is C13H12O3S2. The summed E-state index contributed by atoms with van der Waals surface area (Å²) in [7, 11) is 0. The first kappa shape index (κ1) is 11.7. The van der Waals surface area contributed by atoms with E-state index in [9.17, 15) is 10.2 Å². The summed E-state index contributed by atoms with van der Waals surface area (Å²) < 4.78 is 5.89. The molecule has 1 aliphatic rings. The smallest absolute Gasteiger partial charge is 0.146 e. The molecule has 1 aromatic carbocycles. The molecule has 0 radical (unpaired) electrons. The summed E-state index contributed by atoms with van der Waals surface area (Å²) in [4.78, 5) is 1.82. The number of aryl methyl sites for hydroxylation is 1. The summed E-state index contributed by atoms with van der Waals surface area (Å²) in [5.41, 5.74) is 0.889. The number of aromatic hydroxyl groups is 2. The number of phenolic OH excluding ortho intramolecular Hbond substituents is 1. The third-order valence-electron chi connectivity index (χ3n) is 2.85. The molecule has 0 spiro atoms. The highest BCUT2D eigenvalue weighted by atomic mass is 32.2. The summed E-state index contributed by atoms with van der Waals surface area (Å²) in [5, 5.41) is 21.3. The maximum Gasteiger partial charge on any atom is 0.146 e. The van der Waals surface area contributed by atoms with Crippen LogP contribution in [0.25, 0.3) is 0 Å². The molecule has 0 fully saturated rings. The number of rotatable bonds is 1. The van der Waals surface area contributed by atoms with Crippen molar-refractivity contribution in [2.75, 3.05) is 5.75 Å². The number of hydrogen-bond donors (Lipinski definition) is 2. The zero-order valence-electron chi connectivity index (χ0n) is 9.71. The molecule has 94 valence electrons. The van der Waals surface area contributed by atoms with E-state index in [-0.39, 0.29) is 11.9 Å². The molecule has 2 N–H and O–H groups in total. The Labute approximate surface area is 113 Å². The van der Waals surface area contributed by atoms with Crippen molar-refractivity contribution in [2.24, 2.45) is 0 Å². The minimum Gasteiger partial charge on any atom is -0.508 e. The summed E-state index contributed by atoms with van der Waals surface area (Å²) >= 11 is 3.16. The lowest BCUT2D eigenvalue weighted by atomic mass is 10.2. The molecule has 0 saturated heterocycles.